The van der Waals surface area contributed by atoms with Crippen molar-refractivity contribution in [2.24, 2.45) is 13.0 Å². The van der Waals surface area contributed by atoms with Crippen molar-refractivity contribution in [3.05, 3.63) is 17.5 Å². The summed E-state index contributed by atoms with van der Waals surface area (Å²) >= 11 is 0. The van der Waals surface area contributed by atoms with Crippen molar-refractivity contribution in [1.29, 1.82) is 0 Å². The van der Waals surface area contributed by atoms with Crippen LogP contribution in [0.1, 0.15) is 30.2 Å². The summed E-state index contributed by atoms with van der Waals surface area (Å²) in [6.07, 6.45) is 3.96. The SMILES string of the molecule is Cc1c(C2OCCCC2CO)cnn1C. The molecule has 1 N–H and O–H groups in total. The van der Waals surface area contributed by atoms with E-state index in [2.05, 4.69) is 5.10 Å². The van der Waals surface area contributed by atoms with Gasteiger partial charge in [0.1, 0.15) is 0 Å². The molecule has 2 heterocycles. The molecule has 2 atom stereocenters. The summed E-state index contributed by atoms with van der Waals surface area (Å²) in [5.74, 6) is 0.224. The third-order valence-corrected chi connectivity index (χ3v) is 3.26. The van der Waals surface area contributed by atoms with Gasteiger partial charge in [-0.2, -0.15) is 5.10 Å². The average Bonchev–Trinajstić information content (AvgIpc) is 2.60. The van der Waals surface area contributed by atoms with Gasteiger partial charge in [0.15, 0.2) is 0 Å². The van der Waals surface area contributed by atoms with E-state index in [1.807, 2.05) is 24.9 Å². The number of aliphatic hydroxyl groups is 1. The minimum Gasteiger partial charge on any atom is -0.396 e. The highest BCUT2D eigenvalue weighted by molar-refractivity contribution is 5.20. The van der Waals surface area contributed by atoms with E-state index in [0.29, 0.717) is 0 Å². The summed E-state index contributed by atoms with van der Waals surface area (Å²) in [6.45, 7) is 3.02. The zero-order valence-electron chi connectivity index (χ0n) is 9.31. The van der Waals surface area contributed by atoms with Gasteiger partial charge in [0.25, 0.3) is 0 Å². The van der Waals surface area contributed by atoms with Crippen LogP contribution in [-0.2, 0) is 11.8 Å². The van der Waals surface area contributed by atoms with Gasteiger partial charge < -0.3 is 9.84 Å². The molecule has 0 amide bonds. The predicted molar refractivity (Wildman–Crippen MR) is 56.4 cm³/mol. The molecule has 1 saturated heterocycles. The number of hydrogen-bond donors (Lipinski definition) is 1. The molecule has 2 rings (SSSR count). The summed E-state index contributed by atoms with van der Waals surface area (Å²) in [5.41, 5.74) is 2.25. The number of ether oxygens (including phenoxy) is 1. The molecular weight excluding hydrogens is 192 g/mol. The fourth-order valence-corrected chi connectivity index (χ4v) is 2.17. The third-order valence-electron chi connectivity index (χ3n) is 3.26. The number of rotatable bonds is 2. The Bertz CT molecular complexity index is 335. The zero-order valence-corrected chi connectivity index (χ0v) is 9.31. The van der Waals surface area contributed by atoms with Crippen LogP contribution in [0.15, 0.2) is 6.20 Å². The quantitative estimate of drug-likeness (QED) is 0.797. The largest absolute Gasteiger partial charge is 0.396 e. The fraction of sp³-hybridized carbons (Fsp3) is 0.727. The van der Waals surface area contributed by atoms with Gasteiger partial charge in [0.2, 0.25) is 0 Å². The van der Waals surface area contributed by atoms with E-state index in [9.17, 15) is 5.11 Å². The number of nitrogens with zero attached hydrogens (tertiary/aromatic N) is 2. The molecule has 1 aliphatic rings. The van der Waals surface area contributed by atoms with Crippen molar-refractivity contribution < 1.29 is 9.84 Å². The highest BCUT2D eigenvalue weighted by Crippen LogP contribution is 2.34. The Morgan fingerprint density at radius 1 is 1.67 bits per heavy atom. The van der Waals surface area contributed by atoms with E-state index in [1.54, 1.807) is 0 Å². The molecule has 0 bridgehead atoms. The van der Waals surface area contributed by atoms with Gasteiger partial charge in [-0.1, -0.05) is 0 Å². The number of aliphatic hydroxyl groups excluding tert-OH is 1. The minimum absolute atomic E-state index is 0.0254. The smallest absolute Gasteiger partial charge is 0.0907 e. The van der Waals surface area contributed by atoms with E-state index in [4.69, 9.17) is 4.74 Å². The second-order valence-corrected chi connectivity index (χ2v) is 4.19. The highest BCUT2D eigenvalue weighted by Gasteiger charge is 2.29. The fourth-order valence-electron chi connectivity index (χ4n) is 2.17. The van der Waals surface area contributed by atoms with Gasteiger partial charge in [0.05, 0.1) is 12.3 Å². The molecule has 4 nitrogen and oxygen atoms in total. The van der Waals surface area contributed by atoms with E-state index in [0.717, 1.165) is 30.7 Å². The van der Waals surface area contributed by atoms with Crippen LogP contribution in [0.3, 0.4) is 0 Å². The first kappa shape index (κ1) is 10.6. The monoisotopic (exact) mass is 210 g/mol. The molecule has 1 fully saturated rings. The van der Waals surface area contributed by atoms with Gasteiger partial charge in [-0.15, -0.1) is 0 Å². The van der Waals surface area contributed by atoms with Gasteiger partial charge >= 0.3 is 0 Å². The van der Waals surface area contributed by atoms with Gasteiger partial charge in [0, 0.05) is 37.4 Å². The Labute approximate surface area is 89.9 Å². The number of hydrogen-bond acceptors (Lipinski definition) is 3. The standard InChI is InChI=1S/C11H18N2O2/c1-8-10(6-12-13(8)2)11-9(7-14)4-3-5-15-11/h6,9,11,14H,3-5,7H2,1-2H3. The van der Waals surface area contributed by atoms with Crippen molar-refractivity contribution in [2.45, 2.75) is 25.9 Å². The maximum absolute atomic E-state index is 9.31. The zero-order chi connectivity index (χ0) is 10.8. The molecule has 0 aromatic carbocycles. The maximum Gasteiger partial charge on any atom is 0.0907 e. The predicted octanol–water partition coefficient (Wildman–Crippen LogP) is 1.19. The Balaban J connectivity index is 2.24. The maximum atomic E-state index is 9.31. The molecule has 84 valence electrons. The second kappa shape index (κ2) is 4.33. The second-order valence-electron chi connectivity index (χ2n) is 4.19. The molecule has 0 spiro atoms. The summed E-state index contributed by atoms with van der Waals surface area (Å²) in [4.78, 5) is 0. The normalized spacial score (nSPS) is 26.9. The highest BCUT2D eigenvalue weighted by atomic mass is 16.5. The van der Waals surface area contributed by atoms with Crippen molar-refractivity contribution in [2.75, 3.05) is 13.2 Å². The molecule has 15 heavy (non-hydrogen) atoms. The van der Waals surface area contributed by atoms with Crippen LogP contribution in [0.25, 0.3) is 0 Å². The van der Waals surface area contributed by atoms with Crippen LogP contribution < -0.4 is 0 Å². The molecular formula is C11H18N2O2. The Kier molecular flexibility index (Phi) is 3.07. The average molecular weight is 210 g/mol. The van der Waals surface area contributed by atoms with Crippen LogP contribution >= 0.6 is 0 Å². The lowest BCUT2D eigenvalue weighted by atomic mass is 9.90. The molecule has 2 unspecified atom stereocenters. The van der Waals surface area contributed by atoms with Gasteiger partial charge in [-0.3, -0.25) is 4.68 Å². The lowest BCUT2D eigenvalue weighted by molar-refractivity contribution is -0.0460. The first-order chi connectivity index (χ1) is 7.24. The first-order valence-corrected chi connectivity index (χ1v) is 5.45. The van der Waals surface area contributed by atoms with Crippen LogP contribution in [0.4, 0.5) is 0 Å². The number of aromatic nitrogens is 2. The lowest BCUT2D eigenvalue weighted by Gasteiger charge is -2.30. The molecule has 1 aromatic rings. The Morgan fingerprint density at radius 2 is 2.47 bits per heavy atom. The summed E-state index contributed by atoms with van der Waals surface area (Å²) in [7, 11) is 1.93. The molecule has 0 aliphatic carbocycles. The summed E-state index contributed by atoms with van der Waals surface area (Å²) in [5, 5.41) is 13.5. The lowest BCUT2D eigenvalue weighted by Crippen LogP contribution is -2.25. The van der Waals surface area contributed by atoms with Crippen LogP contribution in [-0.4, -0.2) is 28.1 Å². The van der Waals surface area contributed by atoms with E-state index < -0.39 is 0 Å². The molecule has 0 saturated carbocycles. The molecule has 0 radical (unpaired) electrons. The molecule has 4 heteroatoms. The van der Waals surface area contributed by atoms with Gasteiger partial charge in [-0.05, 0) is 19.8 Å². The van der Waals surface area contributed by atoms with Crippen LogP contribution in [0.5, 0.6) is 0 Å². The Hall–Kier alpha value is -0.870. The van der Waals surface area contributed by atoms with Crippen molar-refractivity contribution in [3.63, 3.8) is 0 Å². The number of aryl methyl sites for hydroxylation is 1. The summed E-state index contributed by atoms with van der Waals surface area (Å²) in [6, 6.07) is 0. The first-order valence-electron chi connectivity index (χ1n) is 5.45. The van der Waals surface area contributed by atoms with Crippen molar-refractivity contribution >= 4 is 0 Å². The Morgan fingerprint density at radius 3 is 3.07 bits per heavy atom. The van der Waals surface area contributed by atoms with Gasteiger partial charge in [-0.25, -0.2) is 0 Å². The summed E-state index contributed by atoms with van der Waals surface area (Å²) < 4.78 is 7.60. The van der Waals surface area contributed by atoms with E-state index in [1.165, 1.54) is 0 Å². The minimum atomic E-state index is 0.0254. The molecule has 1 aliphatic heterocycles. The van der Waals surface area contributed by atoms with Crippen molar-refractivity contribution in [1.82, 2.24) is 9.78 Å². The van der Waals surface area contributed by atoms with E-state index in [-0.39, 0.29) is 18.6 Å². The molecule has 1 aromatic heterocycles. The van der Waals surface area contributed by atoms with Crippen LogP contribution in [0.2, 0.25) is 0 Å². The van der Waals surface area contributed by atoms with Crippen LogP contribution in [0, 0.1) is 12.8 Å². The topological polar surface area (TPSA) is 47.3 Å². The van der Waals surface area contributed by atoms with E-state index >= 15 is 0 Å². The third kappa shape index (κ3) is 1.92. The van der Waals surface area contributed by atoms with Crippen molar-refractivity contribution in [3.8, 4) is 0 Å².